The first-order valence-electron chi connectivity index (χ1n) is 12.4. The lowest BCUT2D eigenvalue weighted by Crippen LogP contribution is -2.36. The molecule has 9 nitrogen and oxygen atoms in total. The molecule has 3 aromatic heterocycles. The van der Waals surface area contributed by atoms with Crippen LogP contribution in [0.2, 0.25) is 0 Å². The number of alkyl halides is 3. The van der Waals surface area contributed by atoms with E-state index in [0.717, 1.165) is 42.7 Å². The molecule has 0 aliphatic heterocycles. The maximum atomic E-state index is 13.2. The maximum Gasteiger partial charge on any atom is 0.416 e. The Bertz CT molecular complexity index is 1520. The van der Waals surface area contributed by atoms with E-state index in [2.05, 4.69) is 15.3 Å². The second-order valence-corrected chi connectivity index (χ2v) is 9.94. The van der Waals surface area contributed by atoms with Gasteiger partial charge in [0.05, 0.1) is 18.3 Å². The van der Waals surface area contributed by atoms with Crippen molar-refractivity contribution in [3.63, 3.8) is 0 Å². The van der Waals surface area contributed by atoms with Crippen LogP contribution in [0.15, 0.2) is 30.5 Å². The molecule has 0 unspecified atom stereocenters. The molecule has 2 N–H and O–H groups in total. The molecular formula is C26H29F3N7O2+. The molecule has 1 fully saturated rings. The lowest BCUT2D eigenvalue weighted by Gasteiger charge is -2.32. The van der Waals surface area contributed by atoms with Crippen LogP contribution in [0.25, 0.3) is 22.6 Å². The number of rotatable bonds is 7. The van der Waals surface area contributed by atoms with Gasteiger partial charge in [0.25, 0.3) is 0 Å². The summed E-state index contributed by atoms with van der Waals surface area (Å²) in [4.78, 5) is 25.2. The summed E-state index contributed by atoms with van der Waals surface area (Å²) in [6.45, 7) is 4.16. The molecule has 12 heteroatoms. The second kappa shape index (κ2) is 9.41. The molecule has 0 amide bonds. The van der Waals surface area contributed by atoms with E-state index in [9.17, 15) is 23.1 Å². The number of aromatic carboxylic acids is 1. The predicted molar refractivity (Wildman–Crippen MR) is 134 cm³/mol. The van der Waals surface area contributed by atoms with Crippen molar-refractivity contribution in [2.75, 3.05) is 5.32 Å². The van der Waals surface area contributed by atoms with Crippen LogP contribution >= 0.6 is 0 Å². The number of aryl methyl sites for hydroxylation is 1. The van der Waals surface area contributed by atoms with E-state index in [1.807, 2.05) is 48.1 Å². The largest absolute Gasteiger partial charge is 0.475 e. The van der Waals surface area contributed by atoms with Crippen LogP contribution in [0, 0.1) is 12.8 Å². The van der Waals surface area contributed by atoms with E-state index in [1.54, 1.807) is 0 Å². The number of anilines is 1. The molecule has 4 aromatic rings. The van der Waals surface area contributed by atoms with Gasteiger partial charge in [0.1, 0.15) is 11.1 Å². The number of carboxylic acids is 1. The van der Waals surface area contributed by atoms with Crippen LogP contribution in [-0.4, -0.2) is 41.3 Å². The first kappa shape index (κ1) is 25.7. The topological polar surface area (TPSA) is 102 Å². The summed E-state index contributed by atoms with van der Waals surface area (Å²) in [5.41, 5.74) is 2.29. The molecule has 38 heavy (non-hydrogen) atoms. The highest BCUT2D eigenvalue weighted by Gasteiger charge is 2.31. The van der Waals surface area contributed by atoms with Gasteiger partial charge in [0.15, 0.2) is 24.3 Å². The Morgan fingerprint density at radius 2 is 1.89 bits per heavy atom. The lowest BCUT2D eigenvalue weighted by molar-refractivity contribution is -0.751. The number of fused-ring (bicyclic) bond motifs is 1. The van der Waals surface area contributed by atoms with Gasteiger partial charge in [-0.25, -0.2) is 19.7 Å². The number of imidazole rings is 1. The predicted octanol–water partition coefficient (Wildman–Crippen LogP) is 4.33. The number of carbonyl (C=O) groups is 1. The van der Waals surface area contributed by atoms with Crippen molar-refractivity contribution in [1.82, 2.24) is 24.2 Å². The highest BCUT2D eigenvalue weighted by atomic mass is 19.4. The lowest BCUT2D eigenvalue weighted by atomic mass is 9.80. The van der Waals surface area contributed by atoms with Gasteiger partial charge in [-0.2, -0.15) is 17.9 Å². The van der Waals surface area contributed by atoms with Crippen LogP contribution in [0.3, 0.4) is 0 Å². The molecular weight excluding hydrogens is 499 g/mol. The first-order chi connectivity index (χ1) is 17.9. The normalized spacial score (nSPS) is 15.0. The van der Waals surface area contributed by atoms with Crippen molar-refractivity contribution in [3.05, 3.63) is 53.1 Å². The van der Waals surface area contributed by atoms with Crippen LogP contribution in [0.4, 0.5) is 19.0 Å². The zero-order valence-corrected chi connectivity index (χ0v) is 21.5. The molecule has 0 bridgehead atoms. The van der Waals surface area contributed by atoms with E-state index < -0.39 is 17.7 Å². The van der Waals surface area contributed by atoms with Crippen molar-refractivity contribution >= 4 is 23.0 Å². The smallest absolute Gasteiger partial charge is 0.416 e. The molecule has 5 rings (SSSR count). The van der Waals surface area contributed by atoms with Gasteiger partial charge in [0.2, 0.25) is 12.0 Å². The van der Waals surface area contributed by atoms with E-state index >= 15 is 0 Å². The number of benzene rings is 1. The molecule has 1 aliphatic rings. The van der Waals surface area contributed by atoms with Crippen molar-refractivity contribution in [2.24, 2.45) is 20.0 Å². The second-order valence-electron chi connectivity index (χ2n) is 9.94. The quantitative estimate of drug-likeness (QED) is 0.346. The van der Waals surface area contributed by atoms with Crippen LogP contribution in [0.1, 0.15) is 53.6 Å². The molecule has 1 atom stereocenters. The molecule has 0 radical (unpaired) electrons. The molecule has 200 valence electrons. The summed E-state index contributed by atoms with van der Waals surface area (Å²) >= 11 is 0. The Morgan fingerprint density at radius 3 is 2.42 bits per heavy atom. The first-order valence-corrected chi connectivity index (χ1v) is 12.4. The van der Waals surface area contributed by atoms with Gasteiger partial charge >= 0.3 is 12.1 Å². The highest BCUT2D eigenvalue weighted by molar-refractivity contribution is 5.92. The summed E-state index contributed by atoms with van der Waals surface area (Å²) in [5, 5.41) is 13.1. The monoisotopic (exact) mass is 528 g/mol. The van der Waals surface area contributed by atoms with E-state index in [1.165, 1.54) is 12.1 Å². The third-order valence-corrected chi connectivity index (χ3v) is 7.54. The van der Waals surface area contributed by atoms with Gasteiger partial charge in [-0.1, -0.05) is 18.6 Å². The fourth-order valence-electron chi connectivity index (χ4n) is 4.84. The Hall–Kier alpha value is -3.96. The van der Waals surface area contributed by atoms with Crippen molar-refractivity contribution in [1.29, 1.82) is 0 Å². The minimum atomic E-state index is -4.43. The molecule has 1 aliphatic carbocycles. The fraction of sp³-hybridized carbons (Fsp3) is 0.423. The number of hydrogen-bond acceptors (Lipinski definition) is 5. The number of halogens is 3. The van der Waals surface area contributed by atoms with Crippen LogP contribution in [0.5, 0.6) is 0 Å². The van der Waals surface area contributed by atoms with Crippen LogP contribution in [-0.2, 0) is 26.8 Å². The maximum absolute atomic E-state index is 13.2. The molecule has 3 heterocycles. The van der Waals surface area contributed by atoms with Gasteiger partial charge in [0, 0.05) is 12.6 Å². The van der Waals surface area contributed by atoms with E-state index in [-0.39, 0.29) is 24.1 Å². The van der Waals surface area contributed by atoms with E-state index in [4.69, 9.17) is 4.98 Å². The van der Waals surface area contributed by atoms with Crippen molar-refractivity contribution in [3.8, 4) is 11.4 Å². The average molecular weight is 529 g/mol. The minimum Gasteiger partial charge on any atom is -0.475 e. The fourth-order valence-corrected chi connectivity index (χ4v) is 4.84. The van der Waals surface area contributed by atoms with Crippen molar-refractivity contribution in [2.45, 2.75) is 51.9 Å². The zero-order valence-electron chi connectivity index (χ0n) is 21.5. The third-order valence-electron chi connectivity index (χ3n) is 7.54. The Morgan fingerprint density at radius 1 is 1.21 bits per heavy atom. The molecule has 0 saturated heterocycles. The third kappa shape index (κ3) is 4.59. The van der Waals surface area contributed by atoms with Gasteiger partial charge < -0.3 is 15.0 Å². The number of aromatic nitrogens is 6. The zero-order chi connectivity index (χ0) is 27.4. The van der Waals surface area contributed by atoms with Gasteiger partial charge in [-0.15, -0.1) is 4.68 Å². The summed E-state index contributed by atoms with van der Waals surface area (Å²) in [7, 11) is 3.78. The Labute approximate surface area is 216 Å². The van der Waals surface area contributed by atoms with Gasteiger partial charge in [-0.3, -0.25) is 0 Å². The molecule has 1 saturated carbocycles. The molecule has 0 spiro atoms. The Balaban J connectivity index is 1.71. The minimum absolute atomic E-state index is 0.0395. The molecule has 1 aromatic carbocycles. The Kier molecular flexibility index (Phi) is 6.36. The number of carboxylic acid groups (broad SMARTS) is 1. The SMILES string of the molecule is Cc1c(-c2nc3nc(C(=O)O)nc(N[C@H](C)C4CCC4)c3n2Cc2ccc(C(F)(F)F)cc2)c[n+](C)n1C. The summed E-state index contributed by atoms with van der Waals surface area (Å²) in [5.74, 6) is -0.344. The van der Waals surface area contributed by atoms with E-state index in [0.29, 0.717) is 28.6 Å². The standard InChI is InChI=1S/C26H28F3N7O2/c1-14(17-6-5-7-17)30-21-20-22(32-23(31-21)25(37)38)33-24(19-13-34(3)35(4)15(19)2)36(20)12-16-8-10-18(11-9-16)26(27,28)29/h8-11,13-14,17H,5-7,12H2,1-4H3,(H-,30,31,32,37,38)/p+1/t14-/m1/s1. The van der Waals surface area contributed by atoms with Gasteiger partial charge in [-0.05, 0) is 50.3 Å². The summed E-state index contributed by atoms with van der Waals surface area (Å²) in [6, 6.07) is 5.02. The number of hydrogen-bond donors (Lipinski definition) is 2. The number of nitrogens with zero attached hydrogens (tertiary/aromatic N) is 6. The number of nitrogens with one attached hydrogen (secondary N) is 1. The average Bonchev–Trinajstić information content (AvgIpc) is 3.29. The van der Waals surface area contributed by atoms with Crippen molar-refractivity contribution < 1.29 is 27.8 Å². The highest BCUT2D eigenvalue weighted by Crippen LogP contribution is 2.35. The summed E-state index contributed by atoms with van der Waals surface area (Å²) in [6.07, 6.45) is 0.761. The summed E-state index contributed by atoms with van der Waals surface area (Å²) < 4.78 is 45.1. The van der Waals surface area contributed by atoms with Crippen LogP contribution < -0.4 is 10.00 Å².